The molecular formula is C12H8Cl3N6O8P. The largest absolute Gasteiger partial charge is 0.366 e. The van der Waals surface area contributed by atoms with Crippen LogP contribution in [0.4, 0.5) is 11.4 Å². The maximum atomic E-state index is 10.8. The fraction of sp³-hybridized carbons (Fsp3) is 0. The minimum Gasteiger partial charge on any atom is -0.366 e. The van der Waals surface area contributed by atoms with Crippen molar-refractivity contribution < 1.29 is 19.2 Å². The van der Waals surface area contributed by atoms with Crippen molar-refractivity contribution in [2.75, 3.05) is 0 Å². The van der Waals surface area contributed by atoms with Crippen LogP contribution < -0.4 is 16.9 Å². The van der Waals surface area contributed by atoms with Gasteiger partial charge in [-0.15, -0.1) is 0 Å². The highest BCUT2D eigenvalue weighted by atomic mass is 36.0. The molecule has 0 aliphatic rings. The molecule has 0 unspecified atom stereocenters. The number of hydrogen-bond donors (Lipinski definition) is 3. The van der Waals surface area contributed by atoms with E-state index in [1.54, 1.807) is 6.07 Å². The number of nitro groups is 2. The van der Waals surface area contributed by atoms with Crippen LogP contribution in [-0.4, -0.2) is 25.7 Å². The number of nitrogens with one attached hydrogen (secondary N) is 2. The highest BCUT2D eigenvalue weighted by Crippen LogP contribution is 2.61. The van der Waals surface area contributed by atoms with Crippen molar-refractivity contribution in [3.8, 4) is 6.07 Å². The third kappa shape index (κ3) is 10.3. The van der Waals surface area contributed by atoms with Gasteiger partial charge in [0.15, 0.2) is 0 Å². The van der Waals surface area contributed by atoms with Crippen molar-refractivity contribution in [1.29, 1.82) is 5.26 Å². The van der Waals surface area contributed by atoms with Crippen LogP contribution in [0, 0.1) is 31.6 Å². The summed E-state index contributed by atoms with van der Waals surface area (Å²) in [5.74, 6) is -0.834. The number of nitrogens with zero attached hydrogens (tertiary/aromatic N) is 3. The second kappa shape index (κ2) is 11.7. The van der Waals surface area contributed by atoms with E-state index in [-0.39, 0.29) is 11.1 Å². The number of pyridine rings is 2. The second-order valence-electron chi connectivity index (χ2n) is 4.59. The molecule has 2 heterocycles. The normalized spacial score (nSPS) is 9.67. The van der Waals surface area contributed by atoms with Crippen LogP contribution in [-0.2, 0) is 4.57 Å². The highest BCUT2D eigenvalue weighted by molar-refractivity contribution is 8.24. The minimum absolute atomic E-state index is 0.0568. The number of hydrogen-bond acceptors (Lipinski definition) is 9. The van der Waals surface area contributed by atoms with E-state index >= 15 is 0 Å². The molecule has 2 aromatic rings. The number of halogens is 3. The van der Waals surface area contributed by atoms with Gasteiger partial charge in [0.1, 0.15) is 6.07 Å². The third-order valence-electron chi connectivity index (χ3n) is 2.57. The molecule has 160 valence electrons. The molecule has 0 saturated heterocycles. The molecule has 18 heteroatoms. The Morgan fingerprint density at radius 3 is 1.80 bits per heavy atom. The molecule has 30 heavy (non-hydrogen) atoms. The summed E-state index contributed by atoms with van der Waals surface area (Å²) in [6.07, 6.45) is 2.15. The number of H-pyrrole nitrogens is 2. The summed E-state index contributed by atoms with van der Waals surface area (Å²) in [6.45, 7) is 0. The SMILES string of the molecule is N#Cc1c[nH]c(=O)c([N+](=O)[O-])c1.NC(=O)c1c[nH]c(=O)c([N+](=O)[O-])c1.O=P(Cl)(Cl)Cl. The zero-order chi connectivity index (χ0) is 23.6. The van der Waals surface area contributed by atoms with Gasteiger partial charge < -0.3 is 15.7 Å². The monoisotopic (exact) mass is 500 g/mol. The van der Waals surface area contributed by atoms with Crippen molar-refractivity contribution in [1.82, 2.24) is 9.97 Å². The number of nitriles is 1. The van der Waals surface area contributed by atoms with Crippen molar-refractivity contribution >= 4 is 56.2 Å². The summed E-state index contributed by atoms with van der Waals surface area (Å²) < 4.78 is 9.51. The van der Waals surface area contributed by atoms with Crippen LogP contribution in [0.15, 0.2) is 34.1 Å². The molecule has 2 rings (SSSR count). The van der Waals surface area contributed by atoms with E-state index < -0.39 is 43.4 Å². The lowest BCUT2D eigenvalue weighted by molar-refractivity contribution is -0.386. The fourth-order valence-corrected chi connectivity index (χ4v) is 1.42. The Bertz CT molecular complexity index is 1160. The van der Waals surface area contributed by atoms with E-state index in [9.17, 15) is 39.2 Å². The average molecular weight is 502 g/mol. The minimum atomic E-state index is -3.22. The first-order valence-electron chi connectivity index (χ1n) is 6.80. The molecule has 0 radical (unpaired) electrons. The summed E-state index contributed by atoms with van der Waals surface area (Å²) in [5.41, 5.74) is 1.81. The lowest BCUT2D eigenvalue weighted by atomic mass is 10.2. The first-order chi connectivity index (χ1) is 13.7. The van der Waals surface area contributed by atoms with Crippen LogP contribution >= 0.6 is 38.9 Å². The molecule has 0 saturated carbocycles. The molecule has 0 aromatic carbocycles. The predicted molar refractivity (Wildman–Crippen MR) is 106 cm³/mol. The van der Waals surface area contributed by atoms with Gasteiger partial charge in [-0.25, -0.2) is 0 Å². The lowest BCUT2D eigenvalue weighted by Crippen LogP contribution is -2.17. The number of amides is 1. The molecule has 1 amide bonds. The summed E-state index contributed by atoms with van der Waals surface area (Å²) in [5, 5.41) is 25.5. The molecule has 0 spiro atoms. The maximum Gasteiger partial charge on any atom is 0.339 e. The Hall–Kier alpha value is -3.24. The van der Waals surface area contributed by atoms with Crippen LogP contribution in [0.1, 0.15) is 15.9 Å². The number of carbonyl (C=O) groups excluding carboxylic acids is 1. The molecule has 0 bridgehead atoms. The van der Waals surface area contributed by atoms with Crippen molar-refractivity contribution in [3.63, 3.8) is 0 Å². The van der Waals surface area contributed by atoms with Gasteiger partial charge in [-0.3, -0.25) is 39.2 Å². The van der Waals surface area contributed by atoms with Gasteiger partial charge in [-0.2, -0.15) is 5.26 Å². The Kier molecular flexibility index (Phi) is 10.4. The van der Waals surface area contributed by atoms with Crippen LogP contribution in [0.5, 0.6) is 0 Å². The summed E-state index contributed by atoms with van der Waals surface area (Å²) in [6, 6.07) is 3.44. The average Bonchev–Trinajstić information content (AvgIpc) is 2.61. The van der Waals surface area contributed by atoms with E-state index in [2.05, 4.69) is 38.7 Å². The van der Waals surface area contributed by atoms with Crippen molar-refractivity contribution in [3.05, 3.63) is 76.6 Å². The topological polar surface area (TPSA) is 236 Å². The number of primary amides is 1. The van der Waals surface area contributed by atoms with Crippen LogP contribution in [0.3, 0.4) is 0 Å². The second-order valence-corrected chi connectivity index (χ2v) is 11.2. The van der Waals surface area contributed by atoms with Gasteiger partial charge in [0, 0.05) is 24.5 Å². The first-order valence-corrected chi connectivity index (χ1v) is 11.2. The summed E-state index contributed by atoms with van der Waals surface area (Å²) in [4.78, 5) is 54.9. The number of carbonyl (C=O) groups is 1. The lowest BCUT2D eigenvalue weighted by Gasteiger charge is -1.93. The summed E-state index contributed by atoms with van der Waals surface area (Å²) >= 11 is 13.8. The van der Waals surface area contributed by atoms with Gasteiger partial charge in [0.2, 0.25) is 5.91 Å². The Morgan fingerprint density at radius 1 is 1.03 bits per heavy atom. The van der Waals surface area contributed by atoms with Gasteiger partial charge >= 0.3 is 27.7 Å². The number of aromatic amines is 2. The molecule has 0 aliphatic heterocycles. The molecule has 0 fully saturated rings. The van der Waals surface area contributed by atoms with Gasteiger partial charge in [-0.05, 0) is 33.7 Å². The molecule has 4 N–H and O–H groups in total. The van der Waals surface area contributed by atoms with Crippen molar-refractivity contribution in [2.24, 2.45) is 5.73 Å². The highest BCUT2D eigenvalue weighted by Gasteiger charge is 2.14. The third-order valence-corrected chi connectivity index (χ3v) is 2.57. The van der Waals surface area contributed by atoms with E-state index in [0.29, 0.717) is 0 Å². The molecule has 2 aromatic heterocycles. The van der Waals surface area contributed by atoms with Gasteiger partial charge in [-0.1, -0.05) is 0 Å². The molecule has 0 atom stereocenters. The quantitative estimate of drug-likeness (QED) is 0.317. The molecule has 0 aliphatic carbocycles. The summed E-state index contributed by atoms with van der Waals surface area (Å²) in [7, 11) is 0. The number of nitrogens with two attached hydrogens (primary N) is 1. The standard InChI is InChI=1S/C6H5N3O4.C6H3N3O3.Cl3OP/c7-5(10)3-1-4(9(12)13)6(11)8-2-3;7-2-4-1-5(9(11)12)6(10)8-3-4;1-5(2,3)4/h1-2H,(H2,7,10)(H,8,11);1,3H,(H,8,10);. The van der Waals surface area contributed by atoms with Crippen molar-refractivity contribution in [2.45, 2.75) is 0 Å². The smallest absolute Gasteiger partial charge is 0.339 e. The molecular weight excluding hydrogens is 493 g/mol. The van der Waals surface area contributed by atoms with E-state index in [1.807, 2.05) is 4.98 Å². The van der Waals surface area contributed by atoms with E-state index in [1.165, 1.54) is 0 Å². The van der Waals surface area contributed by atoms with Crippen LogP contribution in [0.25, 0.3) is 0 Å². The Labute approximate surface area is 179 Å². The number of aromatic nitrogens is 2. The van der Waals surface area contributed by atoms with Crippen LogP contribution in [0.2, 0.25) is 0 Å². The number of rotatable bonds is 3. The zero-order valence-electron chi connectivity index (χ0n) is 14.1. The maximum absolute atomic E-state index is 10.8. The predicted octanol–water partition coefficient (Wildman–Crippen LogP) is 2.35. The Morgan fingerprint density at radius 2 is 1.43 bits per heavy atom. The fourth-order valence-electron chi connectivity index (χ4n) is 1.42. The Balaban J connectivity index is 0.000000461. The molecule has 14 nitrogen and oxygen atoms in total. The van der Waals surface area contributed by atoms with E-state index in [4.69, 9.17) is 11.0 Å². The zero-order valence-corrected chi connectivity index (χ0v) is 17.2. The van der Waals surface area contributed by atoms with Gasteiger partial charge in [0.25, 0.3) is 0 Å². The van der Waals surface area contributed by atoms with E-state index in [0.717, 1.165) is 24.5 Å². The first kappa shape index (κ1) is 26.8. The van der Waals surface area contributed by atoms with Gasteiger partial charge in [0.05, 0.1) is 21.0 Å².